The van der Waals surface area contributed by atoms with Gasteiger partial charge in [0.1, 0.15) is 13.2 Å². The van der Waals surface area contributed by atoms with E-state index in [1.54, 1.807) is 0 Å². The van der Waals surface area contributed by atoms with Crippen molar-refractivity contribution < 1.29 is 33.5 Å². The van der Waals surface area contributed by atoms with Gasteiger partial charge in [0.15, 0.2) is 6.10 Å². The van der Waals surface area contributed by atoms with Crippen LogP contribution in [0.5, 0.6) is 0 Å². The summed E-state index contributed by atoms with van der Waals surface area (Å²) >= 11 is 0. The Morgan fingerprint density at radius 3 is 1.38 bits per heavy atom. The monoisotopic (exact) mass is 661 g/mol. The van der Waals surface area contributed by atoms with Crippen LogP contribution < -0.4 is 0 Å². The van der Waals surface area contributed by atoms with Crippen LogP contribution in [0.3, 0.4) is 0 Å². The molecule has 0 fully saturated rings. The van der Waals surface area contributed by atoms with Gasteiger partial charge in [0, 0.05) is 25.0 Å². The highest BCUT2D eigenvalue weighted by Gasteiger charge is 2.20. The van der Waals surface area contributed by atoms with Gasteiger partial charge in [0.05, 0.1) is 10.5 Å². The van der Waals surface area contributed by atoms with Gasteiger partial charge in [-0.05, 0) is 25.0 Å². The van der Waals surface area contributed by atoms with E-state index in [4.69, 9.17) is 14.2 Å². The fraction of sp³-hybridized carbons (Fsp3) is 0.763. The van der Waals surface area contributed by atoms with Crippen LogP contribution in [-0.4, -0.2) is 42.1 Å². The number of ether oxygens (including phenoxy) is 3. The number of rotatable bonds is 31. The second-order valence-electron chi connectivity index (χ2n) is 12.8. The zero-order chi connectivity index (χ0) is 34.4. The molecular formula is C38H63NO8. The molecule has 0 aliphatic rings. The maximum absolute atomic E-state index is 12.6. The first-order valence-electron chi connectivity index (χ1n) is 18.6. The van der Waals surface area contributed by atoms with E-state index in [-0.39, 0.29) is 36.9 Å². The lowest BCUT2D eigenvalue weighted by Crippen LogP contribution is -2.31. The molecule has 9 heteroatoms. The molecule has 0 aliphatic heterocycles. The van der Waals surface area contributed by atoms with Gasteiger partial charge in [-0.1, -0.05) is 142 Å². The van der Waals surface area contributed by atoms with Gasteiger partial charge < -0.3 is 14.2 Å². The number of nitro groups is 1. The van der Waals surface area contributed by atoms with Crippen molar-refractivity contribution in [1.29, 1.82) is 0 Å². The Bertz CT molecular complexity index is 965. The number of esters is 3. The summed E-state index contributed by atoms with van der Waals surface area (Å²) in [4.78, 5) is 47.9. The second kappa shape index (κ2) is 29.2. The average Bonchev–Trinajstić information content (AvgIpc) is 3.07. The van der Waals surface area contributed by atoms with Crippen LogP contribution in [0.4, 0.5) is 5.69 Å². The largest absolute Gasteiger partial charge is 0.462 e. The summed E-state index contributed by atoms with van der Waals surface area (Å²) in [6.07, 6.45) is 25.6. The number of nitrogens with zero attached hydrogens (tertiary/aromatic N) is 1. The van der Waals surface area contributed by atoms with Gasteiger partial charge in [0.2, 0.25) is 0 Å². The molecule has 0 aliphatic carbocycles. The van der Waals surface area contributed by atoms with Crippen LogP contribution in [0.1, 0.15) is 178 Å². The van der Waals surface area contributed by atoms with Crippen LogP contribution >= 0.6 is 0 Å². The number of hydrogen-bond acceptors (Lipinski definition) is 8. The molecule has 0 amide bonds. The number of hydrogen-bond donors (Lipinski definition) is 0. The zero-order valence-electron chi connectivity index (χ0n) is 29.5. The van der Waals surface area contributed by atoms with Crippen molar-refractivity contribution in [2.45, 2.75) is 174 Å². The SMILES string of the molecule is CCCCCCCCCCCCCC(=O)OC[C@H](COC(=O)c1ccc([N+](=O)[O-])cc1)OC(=O)CCCCCCCCCCCCC. The molecule has 0 saturated carbocycles. The van der Waals surface area contributed by atoms with E-state index in [2.05, 4.69) is 13.8 Å². The molecule has 0 spiro atoms. The normalized spacial score (nSPS) is 11.6. The minimum atomic E-state index is -0.932. The number of unbranched alkanes of at least 4 members (excludes halogenated alkanes) is 20. The van der Waals surface area contributed by atoms with Gasteiger partial charge in [-0.2, -0.15) is 0 Å². The molecule has 0 N–H and O–H groups in total. The zero-order valence-corrected chi connectivity index (χ0v) is 29.5. The van der Waals surface area contributed by atoms with Gasteiger partial charge in [0.25, 0.3) is 5.69 Å². The minimum absolute atomic E-state index is 0.134. The third-order valence-corrected chi connectivity index (χ3v) is 8.41. The molecule has 1 rings (SSSR count). The summed E-state index contributed by atoms with van der Waals surface area (Å²) < 4.78 is 16.3. The van der Waals surface area contributed by atoms with E-state index in [9.17, 15) is 24.5 Å². The van der Waals surface area contributed by atoms with Crippen molar-refractivity contribution in [3.63, 3.8) is 0 Å². The third kappa shape index (κ3) is 23.9. The van der Waals surface area contributed by atoms with Crippen LogP contribution in [-0.2, 0) is 23.8 Å². The lowest BCUT2D eigenvalue weighted by atomic mass is 10.1. The minimum Gasteiger partial charge on any atom is -0.462 e. The molecule has 0 radical (unpaired) electrons. The Labute approximate surface area is 284 Å². The Balaban J connectivity index is 2.40. The third-order valence-electron chi connectivity index (χ3n) is 8.41. The van der Waals surface area contributed by atoms with Crippen LogP contribution in [0.15, 0.2) is 24.3 Å². The first-order chi connectivity index (χ1) is 22.9. The highest BCUT2D eigenvalue weighted by atomic mass is 16.6. The van der Waals surface area contributed by atoms with Gasteiger partial charge in [-0.15, -0.1) is 0 Å². The van der Waals surface area contributed by atoms with Crippen molar-refractivity contribution >= 4 is 23.6 Å². The van der Waals surface area contributed by atoms with Crippen molar-refractivity contribution in [1.82, 2.24) is 0 Å². The molecule has 0 saturated heterocycles. The average molecular weight is 662 g/mol. The fourth-order valence-corrected chi connectivity index (χ4v) is 5.46. The Kier molecular flexibility index (Phi) is 26.1. The predicted octanol–water partition coefficient (Wildman–Crippen LogP) is 10.6. The van der Waals surface area contributed by atoms with Gasteiger partial charge in [-0.3, -0.25) is 19.7 Å². The molecule has 47 heavy (non-hydrogen) atoms. The summed E-state index contributed by atoms with van der Waals surface area (Å²) in [5.74, 6) is -1.49. The second-order valence-corrected chi connectivity index (χ2v) is 12.8. The molecule has 268 valence electrons. The van der Waals surface area contributed by atoms with Crippen molar-refractivity contribution in [3.8, 4) is 0 Å². The number of benzene rings is 1. The molecule has 1 aromatic rings. The Morgan fingerprint density at radius 2 is 0.957 bits per heavy atom. The molecule has 0 unspecified atom stereocenters. The molecule has 1 aromatic carbocycles. The van der Waals surface area contributed by atoms with Crippen molar-refractivity contribution in [3.05, 3.63) is 39.9 Å². The standard InChI is InChI=1S/C38H63NO8/c1-3-5-7-9-11-13-15-17-19-21-23-25-36(40)45-31-35(32-46-38(42)33-27-29-34(30-28-33)39(43)44)47-37(41)26-24-22-20-18-16-14-12-10-8-6-4-2/h27-30,35H,3-26,31-32H2,1-2H3/t35-/m1/s1. The molecule has 0 bridgehead atoms. The number of carbonyl (C=O) groups excluding carboxylic acids is 3. The summed E-state index contributed by atoms with van der Waals surface area (Å²) in [7, 11) is 0. The van der Waals surface area contributed by atoms with E-state index in [1.807, 2.05) is 0 Å². The molecule has 1 atom stereocenters. The highest BCUT2D eigenvalue weighted by Crippen LogP contribution is 2.16. The highest BCUT2D eigenvalue weighted by molar-refractivity contribution is 5.89. The van der Waals surface area contributed by atoms with Crippen LogP contribution in [0.25, 0.3) is 0 Å². The Hall–Kier alpha value is -2.97. The summed E-state index contributed by atoms with van der Waals surface area (Å²) in [5.41, 5.74) is -0.00407. The smallest absolute Gasteiger partial charge is 0.338 e. The molecule has 0 heterocycles. The first kappa shape index (κ1) is 42.1. The van der Waals surface area contributed by atoms with E-state index >= 15 is 0 Å². The van der Waals surface area contributed by atoms with Crippen molar-refractivity contribution in [2.75, 3.05) is 13.2 Å². The first-order valence-corrected chi connectivity index (χ1v) is 18.6. The van der Waals surface area contributed by atoms with E-state index < -0.39 is 23.0 Å². The fourth-order valence-electron chi connectivity index (χ4n) is 5.46. The van der Waals surface area contributed by atoms with Crippen LogP contribution in [0, 0.1) is 10.1 Å². The number of nitro benzene ring substituents is 1. The van der Waals surface area contributed by atoms with Gasteiger partial charge >= 0.3 is 17.9 Å². The maximum Gasteiger partial charge on any atom is 0.338 e. The molecule has 9 nitrogen and oxygen atoms in total. The van der Waals surface area contributed by atoms with E-state index in [0.717, 1.165) is 32.1 Å². The van der Waals surface area contributed by atoms with E-state index in [1.165, 1.54) is 127 Å². The molecule has 0 aromatic heterocycles. The summed E-state index contributed by atoms with van der Waals surface area (Å²) in [5, 5.41) is 10.9. The maximum atomic E-state index is 12.6. The predicted molar refractivity (Wildman–Crippen MR) is 186 cm³/mol. The number of non-ortho nitro benzene ring substituents is 1. The summed E-state index contributed by atoms with van der Waals surface area (Å²) in [6.45, 7) is 3.97. The van der Waals surface area contributed by atoms with Gasteiger partial charge in [-0.25, -0.2) is 4.79 Å². The van der Waals surface area contributed by atoms with Crippen molar-refractivity contribution in [2.24, 2.45) is 0 Å². The number of carbonyl (C=O) groups is 3. The summed E-state index contributed by atoms with van der Waals surface area (Å²) in [6, 6.07) is 5.06. The van der Waals surface area contributed by atoms with Crippen LogP contribution in [0.2, 0.25) is 0 Å². The lowest BCUT2D eigenvalue weighted by Gasteiger charge is -2.18. The van der Waals surface area contributed by atoms with E-state index in [0.29, 0.717) is 12.8 Å². The lowest BCUT2D eigenvalue weighted by molar-refractivity contribution is -0.384. The molecular weight excluding hydrogens is 598 g/mol. The quantitative estimate of drug-likeness (QED) is 0.0253. The Morgan fingerprint density at radius 1 is 0.574 bits per heavy atom. The topological polar surface area (TPSA) is 122 Å².